The Morgan fingerprint density at radius 3 is 1.62 bits per heavy atom. The van der Waals surface area contributed by atoms with E-state index < -0.39 is 22.6 Å². The highest BCUT2D eigenvalue weighted by Gasteiger charge is 2.67. The molecule has 4 aromatic carbocycles. The third kappa shape index (κ3) is 5.69. The maximum atomic E-state index is 14.1. The summed E-state index contributed by atoms with van der Waals surface area (Å²) in [5.74, 6) is 1.59. The summed E-state index contributed by atoms with van der Waals surface area (Å²) in [4.78, 5) is 16.5. The van der Waals surface area contributed by atoms with Crippen molar-refractivity contribution in [3.63, 3.8) is 0 Å². The van der Waals surface area contributed by atoms with Crippen LogP contribution >= 0.6 is 14.5 Å². The minimum absolute atomic E-state index is 0.289. The predicted octanol–water partition coefficient (Wildman–Crippen LogP) is 7.38. The Kier molecular flexibility index (Phi) is 8.57. The minimum Gasteiger partial charge on any atom is -0.332 e. The summed E-state index contributed by atoms with van der Waals surface area (Å²) in [7, 11) is -5.01. The Bertz CT molecular complexity index is 1400. The summed E-state index contributed by atoms with van der Waals surface area (Å²) < 4.78 is 0. The van der Waals surface area contributed by atoms with Crippen molar-refractivity contribution < 1.29 is 4.79 Å². The van der Waals surface area contributed by atoms with Crippen LogP contribution in [0.4, 0.5) is 0 Å². The lowest BCUT2D eigenvalue weighted by atomic mass is 10.2. The van der Waals surface area contributed by atoms with Crippen molar-refractivity contribution in [1.82, 2.24) is 4.90 Å². The molecule has 2 bridgehead atoms. The van der Waals surface area contributed by atoms with Crippen molar-refractivity contribution in [2.75, 3.05) is 18.6 Å². The molecule has 2 nitrogen and oxygen atoms in total. The number of likely N-dealkylation sites (tertiary alicyclic amines) is 1. The van der Waals surface area contributed by atoms with E-state index in [2.05, 4.69) is 146 Å². The number of rotatable bonds is 8. The zero-order valence-electron chi connectivity index (χ0n) is 25.4. The van der Waals surface area contributed by atoms with E-state index in [1.165, 1.54) is 33.2 Å². The molecule has 2 atom stereocenters. The highest BCUT2D eigenvalue weighted by molar-refractivity contribution is 8.04. The quantitative estimate of drug-likeness (QED) is 0.151. The number of benzene rings is 4. The highest BCUT2D eigenvalue weighted by atomic mass is 31.2. The monoisotopic (exact) mass is 609 g/mol. The predicted molar refractivity (Wildman–Crippen MR) is 189 cm³/mol. The molecule has 216 valence electrons. The second-order valence-corrected chi connectivity index (χ2v) is 27.1. The van der Waals surface area contributed by atoms with Gasteiger partial charge < -0.3 is 4.90 Å². The van der Waals surface area contributed by atoms with Gasteiger partial charge in [-0.25, -0.2) is 0 Å². The Labute approximate surface area is 255 Å². The maximum absolute atomic E-state index is 14.1. The van der Waals surface area contributed by atoms with Gasteiger partial charge in [-0.2, -0.15) is 0 Å². The first-order valence-electron chi connectivity index (χ1n) is 15.6. The molecular formula is C37H45NOP2Si+2. The lowest BCUT2D eigenvalue weighted by molar-refractivity contribution is -0.131. The van der Waals surface area contributed by atoms with Gasteiger partial charge in [0.2, 0.25) is 5.91 Å². The molecule has 1 amide bonds. The van der Waals surface area contributed by atoms with Crippen LogP contribution < -0.4 is 21.2 Å². The molecule has 2 heterocycles. The van der Waals surface area contributed by atoms with Crippen LogP contribution in [0.1, 0.15) is 19.3 Å². The van der Waals surface area contributed by atoms with Gasteiger partial charge in [0.15, 0.2) is 5.90 Å². The van der Waals surface area contributed by atoms with E-state index >= 15 is 0 Å². The molecule has 6 rings (SSSR count). The van der Waals surface area contributed by atoms with Crippen LogP contribution in [0.25, 0.3) is 0 Å². The molecular weight excluding hydrogens is 564 g/mol. The van der Waals surface area contributed by atoms with Crippen LogP contribution in [0.3, 0.4) is 0 Å². The normalized spacial score (nSPS) is 21.1. The van der Waals surface area contributed by atoms with Gasteiger partial charge in [0.25, 0.3) is 0 Å². The third-order valence-electron chi connectivity index (χ3n) is 9.58. The Morgan fingerprint density at radius 2 is 1.17 bits per heavy atom. The zero-order valence-corrected chi connectivity index (χ0v) is 28.2. The molecule has 2 fully saturated rings. The SMILES string of the molecule is C[Si](C)(C)CCCC(=O)N1C[C@@H]2C[C@H]1C[P+](c1ccccc1)(c1ccccc1)C[P+]2(c1ccccc1)c1ccccc1. The number of hydrogen-bond donors (Lipinski definition) is 0. The number of amides is 1. The minimum atomic E-state index is -1.93. The van der Waals surface area contributed by atoms with Gasteiger partial charge in [0.05, 0.1) is 18.7 Å². The van der Waals surface area contributed by atoms with Gasteiger partial charge in [-0.15, -0.1) is 0 Å². The van der Waals surface area contributed by atoms with Crippen molar-refractivity contribution in [2.45, 2.75) is 56.6 Å². The average Bonchev–Trinajstić information content (AvgIpc) is 3.36. The molecule has 0 saturated carbocycles. The number of carbonyl (C=O) groups excluding carboxylic acids is 1. The van der Waals surface area contributed by atoms with Crippen molar-refractivity contribution in [2.24, 2.45) is 0 Å². The molecule has 0 radical (unpaired) electrons. The van der Waals surface area contributed by atoms with Crippen LogP contribution in [0.15, 0.2) is 121 Å². The maximum Gasteiger partial charge on any atom is 0.223 e. The van der Waals surface area contributed by atoms with Crippen LogP contribution in [-0.4, -0.2) is 49.2 Å². The van der Waals surface area contributed by atoms with Gasteiger partial charge in [-0.3, -0.25) is 4.79 Å². The van der Waals surface area contributed by atoms with E-state index in [1.54, 1.807) is 0 Å². The van der Waals surface area contributed by atoms with E-state index in [9.17, 15) is 4.79 Å². The first-order valence-corrected chi connectivity index (χ1v) is 23.5. The summed E-state index contributed by atoms with van der Waals surface area (Å²) >= 11 is 0. The fraction of sp³-hybridized carbons (Fsp3) is 0.324. The molecule has 42 heavy (non-hydrogen) atoms. The molecule has 4 aromatic rings. The topological polar surface area (TPSA) is 20.3 Å². The number of fused-ring (bicyclic) bond motifs is 2. The van der Waals surface area contributed by atoms with Crippen molar-refractivity contribution in [1.29, 1.82) is 0 Å². The number of hydrogen-bond acceptors (Lipinski definition) is 1. The van der Waals surface area contributed by atoms with Crippen LogP contribution in [0, 0.1) is 0 Å². The second kappa shape index (κ2) is 12.2. The van der Waals surface area contributed by atoms with Crippen molar-refractivity contribution >= 4 is 49.7 Å². The molecule has 0 N–H and O–H groups in total. The summed E-state index contributed by atoms with van der Waals surface area (Å²) in [6, 6.07) is 47.2. The second-order valence-electron chi connectivity index (χ2n) is 13.5. The van der Waals surface area contributed by atoms with E-state index in [-0.39, 0.29) is 6.04 Å². The standard InChI is InChI=1S/C37H45NOP2Si/c1-42(2,3)26-16-25-37(39)38-28-36-27-31(38)29-40(32-17-8-4-9-18-32,33-19-10-5-11-20-33)30-41(36,34-21-12-6-13-22-34)35-23-14-7-15-24-35/h4-15,17-24,31,36H,16,25-30H2,1-3H3/q+2/t31-,36-/m0/s1. The molecule has 2 saturated heterocycles. The first kappa shape index (κ1) is 29.5. The number of nitrogens with zero attached hydrogens (tertiary/aromatic N) is 1. The highest BCUT2D eigenvalue weighted by Crippen LogP contribution is 2.78. The summed E-state index contributed by atoms with van der Waals surface area (Å²) in [6.45, 7) is 8.16. The molecule has 0 unspecified atom stereocenters. The fourth-order valence-corrected chi connectivity index (χ4v) is 22.8. The van der Waals surface area contributed by atoms with Gasteiger partial charge in [-0.05, 0) is 55.0 Å². The van der Waals surface area contributed by atoms with Gasteiger partial charge in [0, 0.05) is 20.9 Å². The smallest absolute Gasteiger partial charge is 0.223 e. The zero-order chi connectivity index (χ0) is 29.2. The van der Waals surface area contributed by atoms with Gasteiger partial charge in [-0.1, -0.05) is 98.5 Å². The van der Waals surface area contributed by atoms with E-state index in [1.807, 2.05) is 0 Å². The Hall–Kier alpha value is -2.57. The lowest BCUT2D eigenvalue weighted by Gasteiger charge is -2.39. The van der Waals surface area contributed by atoms with E-state index in [4.69, 9.17) is 0 Å². The fourth-order valence-electron chi connectivity index (χ4n) is 7.59. The third-order valence-corrected chi connectivity index (χ3v) is 22.8. The molecule has 0 spiro atoms. The van der Waals surface area contributed by atoms with Gasteiger partial charge in [0.1, 0.15) is 41.4 Å². The Morgan fingerprint density at radius 1 is 0.714 bits per heavy atom. The molecule has 2 aliphatic heterocycles. The average molecular weight is 610 g/mol. The summed E-state index contributed by atoms with van der Waals surface area (Å²) in [6.07, 6.45) is 3.91. The first-order chi connectivity index (χ1) is 20.3. The van der Waals surface area contributed by atoms with Crippen LogP contribution in [-0.2, 0) is 4.79 Å². The largest absolute Gasteiger partial charge is 0.332 e. The Balaban J connectivity index is 1.55. The molecule has 5 heteroatoms. The number of carbonyl (C=O) groups is 1. The molecule has 0 aromatic heterocycles. The van der Waals surface area contributed by atoms with Crippen LogP contribution in [0.2, 0.25) is 25.7 Å². The molecule has 0 aliphatic carbocycles. The molecule has 2 aliphatic rings. The van der Waals surface area contributed by atoms with Crippen LogP contribution in [0.5, 0.6) is 0 Å². The lowest BCUT2D eigenvalue weighted by Crippen LogP contribution is -2.45. The van der Waals surface area contributed by atoms with E-state index in [0.717, 1.165) is 25.5 Å². The summed E-state index contributed by atoms with van der Waals surface area (Å²) in [5, 5.41) is 5.99. The summed E-state index contributed by atoms with van der Waals surface area (Å²) in [5.41, 5.74) is 0.475. The van der Waals surface area contributed by atoms with Crippen molar-refractivity contribution in [3.8, 4) is 0 Å². The van der Waals surface area contributed by atoms with Crippen molar-refractivity contribution in [3.05, 3.63) is 121 Å². The van der Waals surface area contributed by atoms with E-state index in [0.29, 0.717) is 18.0 Å². The van der Waals surface area contributed by atoms with Gasteiger partial charge >= 0.3 is 0 Å².